The van der Waals surface area contributed by atoms with Crippen LogP contribution in [0.5, 0.6) is 0 Å². The molecule has 0 unspecified atom stereocenters. The van der Waals surface area contributed by atoms with Gasteiger partial charge in [0.15, 0.2) is 11.1 Å². The van der Waals surface area contributed by atoms with E-state index in [9.17, 15) is 0 Å². The SMILES string of the molecule is CCNC(=NCCCc1nnc(SC)n1CC(C)C)N(C)Cc1ccccc1C. The van der Waals surface area contributed by atoms with E-state index in [-0.39, 0.29) is 0 Å². The third kappa shape index (κ3) is 7.07. The monoisotopic (exact) mass is 416 g/mol. The minimum Gasteiger partial charge on any atom is -0.357 e. The predicted molar refractivity (Wildman–Crippen MR) is 124 cm³/mol. The molecule has 0 amide bonds. The number of rotatable bonds is 10. The topological polar surface area (TPSA) is 58.3 Å². The van der Waals surface area contributed by atoms with E-state index < -0.39 is 0 Å². The van der Waals surface area contributed by atoms with Crippen LogP contribution in [0.2, 0.25) is 0 Å². The number of nitrogens with zero attached hydrogens (tertiary/aromatic N) is 5. The molecule has 0 spiro atoms. The summed E-state index contributed by atoms with van der Waals surface area (Å²) in [6.07, 6.45) is 3.91. The summed E-state index contributed by atoms with van der Waals surface area (Å²) < 4.78 is 2.26. The van der Waals surface area contributed by atoms with Crippen LogP contribution >= 0.6 is 11.8 Å². The lowest BCUT2D eigenvalue weighted by molar-refractivity contribution is 0.472. The lowest BCUT2D eigenvalue weighted by atomic mass is 10.1. The predicted octanol–water partition coefficient (Wildman–Crippen LogP) is 3.99. The van der Waals surface area contributed by atoms with Crippen molar-refractivity contribution in [2.45, 2.75) is 58.8 Å². The van der Waals surface area contributed by atoms with E-state index in [0.717, 1.165) is 56.0 Å². The van der Waals surface area contributed by atoms with Crippen molar-refractivity contribution in [1.82, 2.24) is 25.0 Å². The van der Waals surface area contributed by atoms with Gasteiger partial charge in [-0.3, -0.25) is 4.99 Å². The number of nitrogens with one attached hydrogen (secondary N) is 1. The van der Waals surface area contributed by atoms with Crippen LogP contribution in [0, 0.1) is 12.8 Å². The van der Waals surface area contributed by atoms with Crippen molar-refractivity contribution < 1.29 is 0 Å². The molecule has 1 heterocycles. The largest absolute Gasteiger partial charge is 0.357 e. The summed E-state index contributed by atoms with van der Waals surface area (Å²) in [6, 6.07) is 8.51. The number of thioether (sulfide) groups is 1. The van der Waals surface area contributed by atoms with Crippen molar-refractivity contribution in [2.75, 3.05) is 26.4 Å². The Kier molecular flexibility index (Phi) is 9.51. The fourth-order valence-electron chi connectivity index (χ4n) is 3.21. The number of aryl methyl sites for hydroxylation is 2. The first-order chi connectivity index (χ1) is 14.0. The minimum absolute atomic E-state index is 0.573. The molecule has 29 heavy (non-hydrogen) atoms. The molecule has 0 fully saturated rings. The fraction of sp³-hybridized carbons (Fsp3) is 0.591. The molecule has 0 aliphatic heterocycles. The molecule has 6 nitrogen and oxygen atoms in total. The molecule has 0 radical (unpaired) electrons. The summed E-state index contributed by atoms with van der Waals surface area (Å²) in [5, 5.41) is 13.2. The maximum absolute atomic E-state index is 4.84. The van der Waals surface area contributed by atoms with Crippen LogP contribution in [0.3, 0.4) is 0 Å². The van der Waals surface area contributed by atoms with E-state index >= 15 is 0 Å². The molecule has 0 atom stereocenters. The Morgan fingerprint density at radius 2 is 2.03 bits per heavy atom. The fourth-order valence-corrected chi connectivity index (χ4v) is 3.74. The van der Waals surface area contributed by atoms with Crippen molar-refractivity contribution in [3.05, 3.63) is 41.2 Å². The van der Waals surface area contributed by atoms with Gasteiger partial charge in [0.05, 0.1) is 0 Å². The van der Waals surface area contributed by atoms with Crippen LogP contribution in [0.4, 0.5) is 0 Å². The Morgan fingerprint density at radius 3 is 2.69 bits per heavy atom. The lowest BCUT2D eigenvalue weighted by Gasteiger charge is -2.23. The molecule has 0 saturated heterocycles. The van der Waals surface area contributed by atoms with Gasteiger partial charge < -0.3 is 14.8 Å². The average Bonchev–Trinajstić information content (AvgIpc) is 3.07. The highest BCUT2D eigenvalue weighted by molar-refractivity contribution is 7.98. The highest BCUT2D eigenvalue weighted by Crippen LogP contribution is 2.17. The molecule has 0 aliphatic rings. The number of benzene rings is 1. The van der Waals surface area contributed by atoms with Gasteiger partial charge in [-0.2, -0.15) is 0 Å². The zero-order valence-electron chi connectivity index (χ0n) is 18.8. The van der Waals surface area contributed by atoms with Gasteiger partial charge >= 0.3 is 0 Å². The van der Waals surface area contributed by atoms with Crippen molar-refractivity contribution in [1.29, 1.82) is 0 Å². The van der Waals surface area contributed by atoms with E-state index in [2.05, 4.69) is 90.2 Å². The van der Waals surface area contributed by atoms with Crippen LogP contribution in [0.25, 0.3) is 0 Å². The summed E-state index contributed by atoms with van der Waals surface area (Å²) in [5.41, 5.74) is 2.64. The van der Waals surface area contributed by atoms with Crippen molar-refractivity contribution in [3.63, 3.8) is 0 Å². The molecule has 0 saturated carbocycles. The van der Waals surface area contributed by atoms with Gasteiger partial charge in [0, 0.05) is 39.6 Å². The maximum atomic E-state index is 4.84. The standard InChI is InChI=1S/C22H36N6S/c1-7-23-21(27(5)16-19-12-9-8-11-18(19)4)24-14-10-13-20-25-26-22(29-6)28(20)15-17(2)3/h8-9,11-12,17H,7,10,13-16H2,1-6H3,(H,23,24). The summed E-state index contributed by atoms with van der Waals surface area (Å²) >= 11 is 1.66. The Labute approximate surface area is 180 Å². The van der Waals surface area contributed by atoms with Crippen LogP contribution in [-0.4, -0.2) is 52.0 Å². The average molecular weight is 417 g/mol. The van der Waals surface area contributed by atoms with Gasteiger partial charge in [-0.15, -0.1) is 10.2 Å². The van der Waals surface area contributed by atoms with Crippen LogP contribution < -0.4 is 5.32 Å². The molecule has 1 N–H and O–H groups in total. The summed E-state index contributed by atoms with van der Waals surface area (Å²) in [4.78, 5) is 7.03. The highest BCUT2D eigenvalue weighted by Gasteiger charge is 2.12. The first-order valence-electron chi connectivity index (χ1n) is 10.5. The summed E-state index contributed by atoms with van der Waals surface area (Å²) in [6.45, 7) is 12.2. The first-order valence-corrected chi connectivity index (χ1v) is 11.7. The summed E-state index contributed by atoms with van der Waals surface area (Å²) in [5.74, 6) is 2.59. The van der Waals surface area contributed by atoms with Gasteiger partial charge in [-0.05, 0) is 43.6 Å². The Bertz CT molecular complexity index is 783. The van der Waals surface area contributed by atoms with Gasteiger partial charge in [-0.25, -0.2) is 0 Å². The lowest BCUT2D eigenvalue weighted by Crippen LogP contribution is -2.38. The second kappa shape index (κ2) is 11.9. The number of aromatic nitrogens is 3. The van der Waals surface area contributed by atoms with E-state index in [1.165, 1.54) is 11.1 Å². The van der Waals surface area contributed by atoms with Crippen LogP contribution in [0.1, 0.15) is 44.1 Å². The van der Waals surface area contributed by atoms with Crippen LogP contribution in [0.15, 0.2) is 34.4 Å². The quantitative estimate of drug-likeness (QED) is 0.275. The number of hydrogen-bond donors (Lipinski definition) is 1. The van der Waals surface area contributed by atoms with Gasteiger partial charge in [0.2, 0.25) is 0 Å². The molecule has 160 valence electrons. The Balaban J connectivity index is 1.97. The van der Waals surface area contributed by atoms with Gasteiger partial charge in [0.25, 0.3) is 0 Å². The molecular weight excluding hydrogens is 380 g/mol. The Hall–Kier alpha value is -2.02. The van der Waals surface area contributed by atoms with Crippen molar-refractivity contribution >= 4 is 17.7 Å². The summed E-state index contributed by atoms with van der Waals surface area (Å²) in [7, 11) is 2.10. The highest BCUT2D eigenvalue weighted by atomic mass is 32.2. The second-order valence-electron chi connectivity index (χ2n) is 7.73. The van der Waals surface area contributed by atoms with Gasteiger partial charge in [0.1, 0.15) is 5.82 Å². The third-order valence-corrected chi connectivity index (χ3v) is 5.38. The maximum Gasteiger partial charge on any atom is 0.193 e. The van der Waals surface area contributed by atoms with Crippen LogP contribution in [-0.2, 0) is 19.5 Å². The molecular formula is C22H36N6S. The zero-order chi connectivity index (χ0) is 21.2. The van der Waals surface area contributed by atoms with E-state index in [1.54, 1.807) is 11.8 Å². The first kappa shape index (κ1) is 23.3. The van der Waals surface area contributed by atoms with E-state index in [1.807, 2.05) is 0 Å². The van der Waals surface area contributed by atoms with E-state index in [4.69, 9.17) is 4.99 Å². The molecule has 1 aromatic heterocycles. The molecule has 2 rings (SSSR count). The zero-order valence-corrected chi connectivity index (χ0v) is 19.6. The normalized spacial score (nSPS) is 11.9. The minimum atomic E-state index is 0.573. The molecule has 0 bridgehead atoms. The van der Waals surface area contributed by atoms with E-state index in [0.29, 0.717) is 5.92 Å². The molecule has 7 heteroatoms. The smallest absolute Gasteiger partial charge is 0.193 e. The van der Waals surface area contributed by atoms with Crippen molar-refractivity contribution in [2.24, 2.45) is 10.9 Å². The molecule has 0 aliphatic carbocycles. The Morgan fingerprint density at radius 1 is 1.28 bits per heavy atom. The van der Waals surface area contributed by atoms with Gasteiger partial charge in [-0.1, -0.05) is 49.9 Å². The number of aliphatic imine (C=N–C) groups is 1. The number of guanidine groups is 1. The van der Waals surface area contributed by atoms with Crippen molar-refractivity contribution in [3.8, 4) is 0 Å². The molecule has 1 aromatic carbocycles. The molecule has 2 aromatic rings. The third-order valence-electron chi connectivity index (χ3n) is 4.71. The number of hydrogen-bond acceptors (Lipinski definition) is 4. The second-order valence-corrected chi connectivity index (χ2v) is 8.50.